The lowest BCUT2D eigenvalue weighted by molar-refractivity contribution is -0.385. The van der Waals surface area contributed by atoms with Gasteiger partial charge in [0.05, 0.1) is 4.92 Å². The van der Waals surface area contributed by atoms with E-state index in [0.717, 1.165) is 12.1 Å². The Morgan fingerprint density at radius 3 is 2.00 bits per heavy atom. The average Bonchev–Trinajstić information content (AvgIpc) is 2.60. The Hall–Kier alpha value is -2.72. The van der Waals surface area contributed by atoms with Gasteiger partial charge in [-0.05, 0) is 65.8 Å². The van der Waals surface area contributed by atoms with Crippen molar-refractivity contribution < 1.29 is 33.1 Å². The molecular formula is C23H24BrClFNO7. The van der Waals surface area contributed by atoms with Crippen molar-refractivity contribution >= 4 is 45.2 Å². The number of carbonyl (C=O) groups is 2. The first-order valence-electron chi connectivity index (χ1n) is 10.0. The van der Waals surface area contributed by atoms with Crippen molar-refractivity contribution in [2.75, 3.05) is 0 Å². The topological polar surface area (TPSA) is 105 Å². The molecule has 8 nitrogen and oxygen atoms in total. The van der Waals surface area contributed by atoms with Gasteiger partial charge in [0.2, 0.25) is 5.75 Å². The number of halogens is 3. The van der Waals surface area contributed by atoms with Gasteiger partial charge in [0, 0.05) is 21.1 Å². The lowest BCUT2D eigenvalue weighted by atomic mass is 9.96. The quantitative estimate of drug-likeness (QED) is 0.167. The first-order valence-corrected chi connectivity index (χ1v) is 11.2. The second-order valence-electron chi connectivity index (χ2n) is 9.28. The third-order valence-corrected chi connectivity index (χ3v) is 4.63. The van der Waals surface area contributed by atoms with Crippen LogP contribution in [0.3, 0.4) is 0 Å². The fourth-order valence-corrected chi connectivity index (χ4v) is 3.63. The monoisotopic (exact) mass is 559 g/mol. The van der Waals surface area contributed by atoms with Crippen LogP contribution in [0.1, 0.15) is 53.0 Å². The molecule has 2 rings (SSSR count). The number of benzene rings is 2. The van der Waals surface area contributed by atoms with E-state index < -0.39 is 56.8 Å². The Labute approximate surface area is 209 Å². The third-order valence-electron chi connectivity index (χ3n) is 3.95. The zero-order valence-corrected chi connectivity index (χ0v) is 21.7. The van der Waals surface area contributed by atoms with Crippen molar-refractivity contribution in [1.29, 1.82) is 0 Å². The summed E-state index contributed by atoms with van der Waals surface area (Å²) in [4.78, 5) is 36.6. The molecule has 0 amide bonds. The molecule has 0 spiro atoms. The van der Waals surface area contributed by atoms with Crippen LogP contribution in [-0.2, 0) is 19.1 Å². The molecule has 0 aliphatic heterocycles. The van der Waals surface area contributed by atoms with E-state index in [1.54, 1.807) is 41.5 Å². The fraction of sp³-hybridized carbons (Fsp3) is 0.391. The molecule has 0 bridgehead atoms. The summed E-state index contributed by atoms with van der Waals surface area (Å²) in [6, 6.07) is 6.18. The molecule has 0 aliphatic carbocycles. The number of hydrogen-bond acceptors (Lipinski definition) is 7. The van der Waals surface area contributed by atoms with E-state index in [1.807, 2.05) is 0 Å². The number of hydrogen-bond donors (Lipinski definition) is 0. The van der Waals surface area contributed by atoms with Crippen molar-refractivity contribution in [2.24, 2.45) is 0 Å². The maximum Gasteiger partial charge on any atom is 0.325 e. The predicted octanol–water partition coefficient (Wildman–Crippen LogP) is 6.71. The molecule has 2 aromatic carbocycles. The summed E-state index contributed by atoms with van der Waals surface area (Å²) in [5.74, 6) is -6.10. The maximum absolute atomic E-state index is 15.7. The van der Waals surface area contributed by atoms with E-state index >= 15 is 4.39 Å². The summed E-state index contributed by atoms with van der Waals surface area (Å²) in [6.45, 7) is 9.47. The van der Waals surface area contributed by atoms with E-state index in [0.29, 0.717) is 4.47 Å². The summed E-state index contributed by atoms with van der Waals surface area (Å²) >= 11 is 9.20. The smallest absolute Gasteiger partial charge is 0.325 e. The van der Waals surface area contributed by atoms with E-state index in [-0.39, 0.29) is 10.8 Å². The van der Waals surface area contributed by atoms with Crippen molar-refractivity contribution in [3.05, 3.63) is 61.3 Å². The van der Waals surface area contributed by atoms with Gasteiger partial charge in [0.1, 0.15) is 17.0 Å². The summed E-state index contributed by atoms with van der Waals surface area (Å²) in [6.07, 6.45) is 0. The molecule has 0 aromatic heterocycles. The summed E-state index contributed by atoms with van der Waals surface area (Å²) in [5, 5.41) is 11.8. The second kappa shape index (κ2) is 10.3. The van der Waals surface area contributed by atoms with Gasteiger partial charge in [0.25, 0.3) is 0 Å². The second-order valence-corrected chi connectivity index (χ2v) is 10.6. The summed E-state index contributed by atoms with van der Waals surface area (Å²) in [5.41, 5.74) is -3.21. The zero-order valence-electron chi connectivity index (χ0n) is 19.4. The Morgan fingerprint density at radius 2 is 1.56 bits per heavy atom. The molecule has 0 N–H and O–H groups in total. The van der Waals surface area contributed by atoms with E-state index in [4.69, 9.17) is 25.8 Å². The van der Waals surface area contributed by atoms with Crippen molar-refractivity contribution in [3.8, 4) is 11.5 Å². The molecule has 0 saturated heterocycles. The van der Waals surface area contributed by atoms with Crippen molar-refractivity contribution in [1.82, 2.24) is 0 Å². The standard InChI is InChI=1S/C23H24BrClFNO7/c1-22(2,3)33-20(28)17(21(29)34-23(4,5)6)15-7-8-16(27(30)31)19(18(15)26)32-14-10-12(24)9-13(25)11-14/h7-11,17H,1-6H3. The third kappa shape index (κ3) is 7.39. The number of nitro groups is 1. The molecule has 0 unspecified atom stereocenters. The Morgan fingerprint density at radius 1 is 1.03 bits per heavy atom. The first kappa shape index (κ1) is 27.5. The van der Waals surface area contributed by atoms with Crippen LogP contribution in [0.4, 0.5) is 10.1 Å². The number of esters is 2. The van der Waals surface area contributed by atoms with E-state index in [9.17, 15) is 19.7 Å². The normalized spacial score (nSPS) is 11.8. The molecule has 0 saturated carbocycles. The molecule has 2 aromatic rings. The van der Waals surface area contributed by atoms with Gasteiger partial charge in [-0.25, -0.2) is 4.39 Å². The van der Waals surface area contributed by atoms with Crippen LogP contribution < -0.4 is 4.74 Å². The number of nitrogens with zero attached hydrogens (tertiary/aromatic N) is 1. The molecule has 34 heavy (non-hydrogen) atoms. The van der Waals surface area contributed by atoms with Gasteiger partial charge in [-0.15, -0.1) is 0 Å². The number of ether oxygens (including phenoxy) is 3. The van der Waals surface area contributed by atoms with Crippen LogP contribution in [0.25, 0.3) is 0 Å². The lowest BCUT2D eigenvalue weighted by Crippen LogP contribution is -2.36. The van der Waals surface area contributed by atoms with Crippen LogP contribution in [-0.4, -0.2) is 28.1 Å². The highest BCUT2D eigenvalue weighted by Gasteiger charge is 2.40. The Bertz CT molecular complexity index is 1080. The highest BCUT2D eigenvalue weighted by molar-refractivity contribution is 9.10. The van der Waals surface area contributed by atoms with Crippen LogP contribution >= 0.6 is 27.5 Å². The average molecular weight is 561 g/mol. The largest absolute Gasteiger partial charge is 0.459 e. The minimum absolute atomic E-state index is 0.00962. The van der Waals surface area contributed by atoms with E-state index in [1.165, 1.54) is 18.2 Å². The minimum atomic E-state index is -1.85. The van der Waals surface area contributed by atoms with Gasteiger partial charge in [0.15, 0.2) is 11.7 Å². The van der Waals surface area contributed by atoms with Crippen LogP contribution in [0.15, 0.2) is 34.8 Å². The lowest BCUT2D eigenvalue weighted by Gasteiger charge is -2.26. The molecule has 0 radical (unpaired) electrons. The van der Waals surface area contributed by atoms with Crippen LogP contribution in [0, 0.1) is 15.9 Å². The zero-order chi connectivity index (χ0) is 26.0. The maximum atomic E-state index is 15.7. The van der Waals surface area contributed by atoms with Gasteiger partial charge in [-0.2, -0.15) is 0 Å². The number of carbonyl (C=O) groups excluding carboxylic acids is 2. The van der Waals surface area contributed by atoms with Gasteiger partial charge in [-0.3, -0.25) is 19.7 Å². The molecule has 184 valence electrons. The number of rotatable bonds is 6. The Kier molecular flexibility index (Phi) is 8.31. The molecule has 0 atom stereocenters. The van der Waals surface area contributed by atoms with Crippen molar-refractivity contribution in [3.63, 3.8) is 0 Å². The summed E-state index contributed by atoms with van der Waals surface area (Å²) in [7, 11) is 0. The van der Waals surface area contributed by atoms with Gasteiger partial charge >= 0.3 is 17.6 Å². The summed E-state index contributed by atoms with van der Waals surface area (Å²) < 4.78 is 32.3. The molecule has 0 aliphatic rings. The fourth-order valence-electron chi connectivity index (χ4n) is 2.80. The first-order chi connectivity index (χ1) is 15.5. The highest BCUT2D eigenvalue weighted by Crippen LogP contribution is 2.40. The predicted molar refractivity (Wildman–Crippen MR) is 127 cm³/mol. The van der Waals surface area contributed by atoms with Crippen molar-refractivity contribution in [2.45, 2.75) is 58.7 Å². The van der Waals surface area contributed by atoms with Gasteiger partial charge < -0.3 is 14.2 Å². The number of nitro benzene ring substituents is 1. The Balaban J connectivity index is 2.68. The van der Waals surface area contributed by atoms with E-state index in [2.05, 4.69) is 15.9 Å². The SMILES string of the molecule is CC(C)(C)OC(=O)C(C(=O)OC(C)(C)C)c1ccc([N+](=O)[O-])c(Oc2cc(Cl)cc(Br)c2)c1F. The highest BCUT2D eigenvalue weighted by atomic mass is 79.9. The molecule has 0 fully saturated rings. The van der Waals surface area contributed by atoms with Crippen LogP contribution in [0.5, 0.6) is 11.5 Å². The molecule has 11 heteroatoms. The van der Waals surface area contributed by atoms with Gasteiger partial charge in [-0.1, -0.05) is 27.5 Å². The minimum Gasteiger partial charge on any atom is -0.459 e. The molecule has 0 heterocycles. The van der Waals surface area contributed by atoms with Crippen LogP contribution in [0.2, 0.25) is 5.02 Å². The molecular weight excluding hydrogens is 537 g/mol.